The smallest absolute Gasteiger partial charge is 0.256 e. The highest BCUT2D eigenvalue weighted by atomic mass is 35.5. The van der Waals surface area contributed by atoms with Gasteiger partial charge < -0.3 is 10.1 Å². The van der Waals surface area contributed by atoms with E-state index in [0.29, 0.717) is 22.0 Å². The van der Waals surface area contributed by atoms with E-state index in [2.05, 4.69) is 5.32 Å². The molecule has 0 unspecified atom stereocenters. The zero-order valence-corrected chi connectivity index (χ0v) is 14.5. The van der Waals surface area contributed by atoms with Gasteiger partial charge in [0.25, 0.3) is 5.91 Å². The molecule has 0 atom stereocenters. The molecule has 2 rings (SSSR count). The summed E-state index contributed by atoms with van der Waals surface area (Å²) in [6.45, 7) is 1.73. The number of sulfone groups is 1. The van der Waals surface area contributed by atoms with E-state index in [1.165, 1.54) is 19.2 Å². The summed E-state index contributed by atoms with van der Waals surface area (Å²) in [4.78, 5) is 12.6. The number of halogens is 1. The normalized spacial score (nSPS) is 11.1. The first-order valence-corrected chi connectivity index (χ1v) is 8.95. The summed E-state index contributed by atoms with van der Waals surface area (Å²) >= 11 is 6.02. The molecule has 5 nitrogen and oxygen atoms in total. The van der Waals surface area contributed by atoms with Crippen molar-refractivity contribution < 1.29 is 17.9 Å². The predicted octanol–water partition coefficient (Wildman–Crippen LogP) is 3.31. The van der Waals surface area contributed by atoms with E-state index in [-0.39, 0.29) is 10.5 Å². The lowest BCUT2D eigenvalue weighted by Crippen LogP contribution is -2.15. The number of aryl methyl sites for hydroxylation is 1. The summed E-state index contributed by atoms with van der Waals surface area (Å²) in [5.41, 5.74) is 1.35. The number of benzene rings is 2. The van der Waals surface area contributed by atoms with Crippen LogP contribution < -0.4 is 10.1 Å². The van der Waals surface area contributed by atoms with Crippen molar-refractivity contribution in [1.82, 2.24) is 0 Å². The molecule has 1 N–H and O–H groups in total. The molecule has 0 saturated carbocycles. The Balaban J connectivity index is 2.41. The molecule has 0 aliphatic rings. The molecule has 0 fully saturated rings. The van der Waals surface area contributed by atoms with Crippen LogP contribution in [0.5, 0.6) is 5.75 Å². The SMILES string of the molecule is COc1c(Cl)cccc1NC(=O)c1cc(S(C)(=O)=O)ccc1C. The maximum absolute atomic E-state index is 12.5. The van der Waals surface area contributed by atoms with Gasteiger partial charge in [-0.15, -0.1) is 0 Å². The van der Waals surface area contributed by atoms with Crippen LogP contribution in [0, 0.1) is 6.92 Å². The third kappa shape index (κ3) is 3.83. The number of anilines is 1. The minimum atomic E-state index is -3.39. The molecule has 1 amide bonds. The van der Waals surface area contributed by atoms with Crippen LogP contribution in [0.15, 0.2) is 41.3 Å². The number of amides is 1. The van der Waals surface area contributed by atoms with Gasteiger partial charge in [0.05, 0.1) is 22.7 Å². The van der Waals surface area contributed by atoms with Gasteiger partial charge in [0.1, 0.15) is 0 Å². The van der Waals surface area contributed by atoms with E-state index in [1.54, 1.807) is 31.2 Å². The van der Waals surface area contributed by atoms with Gasteiger partial charge in [-0.05, 0) is 36.8 Å². The summed E-state index contributed by atoms with van der Waals surface area (Å²) in [7, 11) is -1.94. The van der Waals surface area contributed by atoms with Crippen LogP contribution in [0.4, 0.5) is 5.69 Å². The fourth-order valence-corrected chi connectivity index (χ4v) is 2.98. The van der Waals surface area contributed by atoms with E-state index in [4.69, 9.17) is 16.3 Å². The Morgan fingerprint density at radius 1 is 1.22 bits per heavy atom. The van der Waals surface area contributed by atoms with Crippen molar-refractivity contribution in [2.75, 3.05) is 18.7 Å². The molecular weight excluding hydrogens is 338 g/mol. The van der Waals surface area contributed by atoms with Crippen LogP contribution in [0.2, 0.25) is 5.02 Å². The Morgan fingerprint density at radius 3 is 2.52 bits per heavy atom. The van der Waals surface area contributed by atoms with Crippen LogP contribution in [0.3, 0.4) is 0 Å². The fourth-order valence-electron chi connectivity index (χ4n) is 2.08. The molecule has 23 heavy (non-hydrogen) atoms. The number of ether oxygens (including phenoxy) is 1. The van der Waals surface area contributed by atoms with Gasteiger partial charge in [-0.3, -0.25) is 4.79 Å². The molecule has 2 aromatic rings. The zero-order valence-electron chi connectivity index (χ0n) is 12.9. The Bertz CT molecular complexity index is 862. The maximum Gasteiger partial charge on any atom is 0.256 e. The Labute approximate surface area is 140 Å². The number of carbonyl (C=O) groups excluding carboxylic acids is 1. The summed E-state index contributed by atoms with van der Waals surface area (Å²) < 4.78 is 28.5. The summed E-state index contributed by atoms with van der Waals surface area (Å²) in [6.07, 6.45) is 1.10. The van der Waals surface area contributed by atoms with Crippen LogP contribution >= 0.6 is 11.6 Å². The molecule has 0 heterocycles. The van der Waals surface area contributed by atoms with Gasteiger partial charge in [0.2, 0.25) is 0 Å². The topological polar surface area (TPSA) is 72.5 Å². The summed E-state index contributed by atoms with van der Waals surface area (Å²) in [5, 5.41) is 3.06. The molecule has 0 aromatic heterocycles. The van der Waals surface area contributed by atoms with Crippen LogP contribution in [-0.2, 0) is 9.84 Å². The summed E-state index contributed by atoms with van der Waals surface area (Å²) in [6, 6.07) is 9.41. The zero-order chi connectivity index (χ0) is 17.2. The number of para-hydroxylation sites is 1. The third-order valence-corrected chi connectivity index (χ3v) is 4.71. The first-order valence-electron chi connectivity index (χ1n) is 6.68. The highest BCUT2D eigenvalue weighted by Crippen LogP contribution is 2.32. The van der Waals surface area contributed by atoms with Gasteiger partial charge in [0.15, 0.2) is 15.6 Å². The number of hydrogen-bond acceptors (Lipinski definition) is 4. The number of carbonyl (C=O) groups is 1. The lowest BCUT2D eigenvalue weighted by Gasteiger charge is -2.13. The highest BCUT2D eigenvalue weighted by molar-refractivity contribution is 7.90. The van der Waals surface area contributed by atoms with Crippen molar-refractivity contribution in [2.45, 2.75) is 11.8 Å². The van der Waals surface area contributed by atoms with Gasteiger partial charge >= 0.3 is 0 Å². The van der Waals surface area contributed by atoms with Crippen LogP contribution in [-0.4, -0.2) is 27.7 Å². The van der Waals surface area contributed by atoms with Gasteiger partial charge in [0, 0.05) is 11.8 Å². The first kappa shape index (κ1) is 17.3. The number of hydrogen-bond donors (Lipinski definition) is 1. The predicted molar refractivity (Wildman–Crippen MR) is 90.2 cm³/mol. The number of methoxy groups -OCH3 is 1. The molecule has 0 aliphatic carbocycles. The second-order valence-electron chi connectivity index (χ2n) is 5.02. The molecular formula is C16H16ClNO4S. The molecule has 122 valence electrons. The molecule has 0 radical (unpaired) electrons. The van der Waals surface area contributed by atoms with E-state index >= 15 is 0 Å². The average molecular weight is 354 g/mol. The largest absolute Gasteiger partial charge is 0.493 e. The van der Waals surface area contributed by atoms with Crippen LogP contribution in [0.1, 0.15) is 15.9 Å². The first-order chi connectivity index (χ1) is 10.7. The van der Waals surface area contributed by atoms with Gasteiger partial charge in [-0.2, -0.15) is 0 Å². The monoisotopic (exact) mass is 353 g/mol. The maximum atomic E-state index is 12.5. The number of rotatable bonds is 4. The van der Waals surface area contributed by atoms with E-state index < -0.39 is 15.7 Å². The second-order valence-corrected chi connectivity index (χ2v) is 7.45. The second kappa shape index (κ2) is 6.60. The Kier molecular flexibility index (Phi) is 4.97. The molecule has 7 heteroatoms. The van der Waals surface area contributed by atoms with Crippen molar-refractivity contribution in [3.05, 3.63) is 52.5 Å². The molecule has 0 spiro atoms. The van der Waals surface area contributed by atoms with E-state index in [9.17, 15) is 13.2 Å². The van der Waals surface area contributed by atoms with Crippen molar-refractivity contribution >= 4 is 33.0 Å². The van der Waals surface area contributed by atoms with Crippen LogP contribution in [0.25, 0.3) is 0 Å². The molecule has 0 aliphatic heterocycles. The lowest BCUT2D eigenvalue weighted by molar-refractivity contribution is 0.102. The quantitative estimate of drug-likeness (QED) is 0.915. The Hall–Kier alpha value is -2.05. The fraction of sp³-hybridized carbons (Fsp3) is 0.188. The van der Waals surface area contributed by atoms with Crippen molar-refractivity contribution in [2.24, 2.45) is 0 Å². The van der Waals surface area contributed by atoms with E-state index in [1.807, 2.05) is 0 Å². The highest BCUT2D eigenvalue weighted by Gasteiger charge is 2.16. The Morgan fingerprint density at radius 2 is 1.91 bits per heavy atom. The van der Waals surface area contributed by atoms with Crippen molar-refractivity contribution in [1.29, 1.82) is 0 Å². The standard InChI is InChI=1S/C16H16ClNO4S/c1-10-7-8-11(23(3,20)21)9-12(10)16(19)18-14-6-4-5-13(17)15(14)22-2/h4-9H,1-3H3,(H,18,19). The minimum Gasteiger partial charge on any atom is -0.493 e. The molecule has 0 saturated heterocycles. The average Bonchev–Trinajstić information content (AvgIpc) is 2.46. The van der Waals surface area contributed by atoms with Gasteiger partial charge in [-0.1, -0.05) is 23.7 Å². The lowest BCUT2D eigenvalue weighted by atomic mass is 10.1. The van der Waals surface area contributed by atoms with E-state index in [0.717, 1.165) is 6.26 Å². The number of nitrogens with one attached hydrogen (secondary N) is 1. The van der Waals surface area contributed by atoms with Crippen molar-refractivity contribution in [3.8, 4) is 5.75 Å². The molecule has 0 bridgehead atoms. The minimum absolute atomic E-state index is 0.0892. The molecule has 2 aromatic carbocycles. The van der Waals surface area contributed by atoms with Crippen molar-refractivity contribution in [3.63, 3.8) is 0 Å². The van der Waals surface area contributed by atoms with Gasteiger partial charge in [-0.25, -0.2) is 8.42 Å². The third-order valence-electron chi connectivity index (χ3n) is 3.30. The summed E-state index contributed by atoms with van der Waals surface area (Å²) in [5.74, 6) is -0.0898.